The molecule has 0 saturated carbocycles. The molecule has 0 fully saturated rings. The summed E-state index contributed by atoms with van der Waals surface area (Å²) in [5.74, 6) is 0. The van der Waals surface area contributed by atoms with E-state index < -0.39 is 0 Å². The van der Waals surface area contributed by atoms with Crippen LogP contribution in [0.4, 0.5) is 0 Å². The molecule has 0 amide bonds. The molecule has 102 valence electrons. The fourth-order valence-electron chi connectivity index (χ4n) is 1.20. The van der Waals surface area contributed by atoms with Gasteiger partial charge in [0.25, 0.3) is 20.4 Å². The fraction of sp³-hybridized carbons (Fsp3) is 0.0667. The van der Waals surface area contributed by atoms with Gasteiger partial charge in [0, 0.05) is 0 Å². The van der Waals surface area contributed by atoms with Crippen molar-refractivity contribution in [1.82, 2.24) is 0 Å². The molecule has 1 aromatic carbocycles. The molecule has 1 aromatic rings. The Morgan fingerprint density at radius 1 is 0.950 bits per heavy atom. The zero-order valence-corrected chi connectivity index (χ0v) is 11.4. The summed E-state index contributed by atoms with van der Waals surface area (Å²) in [6.45, 7) is 13.5. The van der Waals surface area contributed by atoms with Gasteiger partial charge < -0.3 is 0 Å². The van der Waals surface area contributed by atoms with E-state index in [1.807, 2.05) is 42.5 Å². The number of benzene rings is 1. The normalized spacial score (nSPS) is 10.7. The van der Waals surface area contributed by atoms with Gasteiger partial charge in [-0.2, -0.15) is 0 Å². The smallest absolute Gasteiger partial charge is 0.281 e. The van der Waals surface area contributed by atoms with Crippen molar-refractivity contribution in [3.63, 3.8) is 0 Å². The van der Waals surface area contributed by atoms with Gasteiger partial charge in [-0.1, -0.05) is 0 Å². The minimum Gasteiger partial charge on any atom is -0.281 e. The van der Waals surface area contributed by atoms with E-state index in [2.05, 4.69) is 26.4 Å². The summed E-state index contributed by atoms with van der Waals surface area (Å²) >= 11 is 0.553. The third-order valence-corrected chi connectivity index (χ3v) is 3.24. The van der Waals surface area contributed by atoms with Gasteiger partial charge in [-0.05, 0) is 0 Å². The molecule has 0 bridgehead atoms. The third-order valence-electron chi connectivity index (χ3n) is 1.90. The van der Waals surface area contributed by atoms with Crippen LogP contribution in [-0.2, 0) is 29.3 Å². The molecule has 0 unspecified atom stereocenters. The van der Waals surface area contributed by atoms with E-state index in [0.717, 1.165) is 12.0 Å². The number of carbonyl (C=O) groups is 1. The molecular weight excluding hydrogens is 300 g/mol. The van der Waals surface area contributed by atoms with Crippen LogP contribution in [0, 0.1) is 0 Å². The van der Waals surface area contributed by atoms with Gasteiger partial charge in [0.15, 0.2) is 0 Å². The Morgan fingerprint density at radius 2 is 1.50 bits per heavy atom. The minimum atomic E-state index is 0.209. The van der Waals surface area contributed by atoms with Crippen molar-refractivity contribution in [1.29, 1.82) is 0 Å². The molecule has 1 aliphatic rings. The van der Waals surface area contributed by atoms with Crippen LogP contribution < -0.4 is 0 Å². The molecular formula is C15H10FeO4. The van der Waals surface area contributed by atoms with Gasteiger partial charge in [0.1, 0.15) is 0 Å². The second-order valence-corrected chi connectivity index (χ2v) is 4.43. The van der Waals surface area contributed by atoms with Gasteiger partial charge in [-0.15, -0.1) is 0 Å². The summed E-state index contributed by atoms with van der Waals surface area (Å²) in [7, 11) is 0. The zero-order valence-electron chi connectivity index (χ0n) is 10.3. The van der Waals surface area contributed by atoms with E-state index in [1.54, 1.807) is 0 Å². The predicted molar refractivity (Wildman–Crippen MR) is 69.7 cm³/mol. The first-order chi connectivity index (χ1) is 9.86. The van der Waals surface area contributed by atoms with Crippen molar-refractivity contribution in [2.45, 2.75) is 6.42 Å². The maximum Gasteiger partial charge on any atom is 0.281 e. The molecule has 4 nitrogen and oxygen atoms in total. The van der Waals surface area contributed by atoms with Crippen LogP contribution in [0.15, 0.2) is 53.0 Å². The van der Waals surface area contributed by atoms with Crippen LogP contribution in [-0.4, -0.2) is 25.0 Å². The molecule has 20 heavy (non-hydrogen) atoms. The monoisotopic (exact) mass is 310 g/mol. The molecule has 0 aromatic heterocycles. The molecule has 2 rings (SSSR count). The van der Waals surface area contributed by atoms with Crippen LogP contribution >= 0.6 is 0 Å². The van der Waals surface area contributed by atoms with Gasteiger partial charge in [0.2, 0.25) is 0 Å². The first-order valence-corrected chi connectivity index (χ1v) is 6.15. The topological polar surface area (TPSA) is 68.3 Å². The van der Waals surface area contributed by atoms with E-state index in [-0.39, 0.29) is 4.68 Å². The Labute approximate surface area is 124 Å². The van der Waals surface area contributed by atoms with Gasteiger partial charge in [-0.3, -0.25) is 14.4 Å². The van der Waals surface area contributed by atoms with Crippen LogP contribution in [0.2, 0.25) is 0 Å². The second-order valence-electron chi connectivity index (χ2n) is 2.95. The average molecular weight is 310 g/mol. The Kier molecular flexibility index (Phi) is 15.1. The maximum atomic E-state index is 11.7. The number of carbonyl (C=O) groups excluding carboxylic acids is 4. The largest absolute Gasteiger partial charge is 0.281 e. The molecule has 0 N–H and O–H groups in total. The van der Waals surface area contributed by atoms with Crippen LogP contribution in [0.25, 0.3) is 0 Å². The third kappa shape index (κ3) is 8.08. The standard InChI is InChI=1S/C7H5O.C5H5.3CO.Fe/c8-6-7-4-2-1-3-5-7;1-2-4-5-3-1;3*1-2;/h1-5H;1-3H,4H2;;;;. The van der Waals surface area contributed by atoms with Gasteiger partial charge >= 0.3 is 89.4 Å². The van der Waals surface area contributed by atoms with Crippen molar-refractivity contribution < 1.29 is 34.1 Å². The number of rotatable bonds is 3. The van der Waals surface area contributed by atoms with E-state index in [4.69, 9.17) is 14.4 Å². The summed E-state index contributed by atoms with van der Waals surface area (Å²) < 4.78 is 1.42. The summed E-state index contributed by atoms with van der Waals surface area (Å²) in [6.07, 6.45) is 7.04. The molecule has 0 saturated heterocycles. The van der Waals surface area contributed by atoms with Crippen molar-refractivity contribution in [3.8, 4) is 0 Å². The SMILES string of the molecule is O=[C]([Fe][C]1=CC=CC1)c1ccccc1.[C]=O.[C]=O.[C]=O. The predicted octanol–water partition coefficient (Wildman–Crippen LogP) is 1.56. The average Bonchev–Trinajstić information content (AvgIpc) is 3.07. The summed E-state index contributed by atoms with van der Waals surface area (Å²) in [5.41, 5.74) is 0.806. The first-order valence-electron chi connectivity index (χ1n) is 5.05. The van der Waals surface area contributed by atoms with Crippen molar-refractivity contribution in [3.05, 3.63) is 58.6 Å². The quantitative estimate of drug-likeness (QED) is 0.795. The summed E-state index contributed by atoms with van der Waals surface area (Å²) in [6, 6.07) is 9.45. The number of allylic oxidation sites excluding steroid dienone is 4. The molecule has 0 heterocycles. The Bertz CT molecular complexity index is 436. The van der Waals surface area contributed by atoms with E-state index >= 15 is 0 Å². The van der Waals surface area contributed by atoms with E-state index in [0.29, 0.717) is 15.0 Å². The Hall–Kier alpha value is -2.10. The molecule has 0 spiro atoms. The fourth-order valence-corrected chi connectivity index (χ4v) is 2.31. The van der Waals surface area contributed by atoms with Crippen molar-refractivity contribution in [2.24, 2.45) is 0 Å². The molecule has 0 aliphatic heterocycles. The van der Waals surface area contributed by atoms with E-state index in [1.165, 1.54) is 4.47 Å². The van der Waals surface area contributed by atoms with Crippen LogP contribution in [0.5, 0.6) is 0 Å². The van der Waals surface area contributed by atoms with Crippen molar-refractivity contribution in [2.75, 3.05) is 0 Å². The van der Waals surface area contributed by atoms with Crippen LogP contribution in [0.1, 0.15) is 16.8 Å². The molecule has 1 aliphatic carbocycles. The Morgan fingerprint density at radius 3 is 1.95 bits per heavy atom. The minimum absolute atomic E-state index is 0.209. The maximum absolute atomic E-state index is 11.7. The first kappa shape index (κ1) is 20.2. The second kappa shape index (κ2) is 15.0. The van der Waals surface area contributed by atoms with Gasteiger partial charge in [0.05, 0.1) is 0 Å². The molecule has 5 heteroatoms. The summed E-state index contributed by atoms with van der Waals surface area (Å²) in [5, 5.41) is 0. The zero-order chi connectivity index (χ0) is 15.8. The number of hydrogen-bond acceptors (Lipinski definition) is 4. The van der Waals surface area contributed by atoms with Crippen LogP contribution in [0.3, 0.4) is 0 Å². The van der Waals surface area contributed by atoms with E-state index in [9.17, 15) is 4.79 Å². The molecule has 0 atom stereocenters. The van der Waals surface area contributed by atoms with Gasteiger partial charge in [-0.25, -0.2) is 0 Å². The Balaban J connectivity index is 0. The molecule has 6 radical (unpaired) electrons. The number of hydrogen-bond donors (Lipinski definition) is 0. The van der Waals surface area contributed by atoms with Crippen molar-refractivity contribution >= 4 is 25.0 Å². The summed E-state index contributed by atoms with van der Waals surface area (Å²) in [4.78, 5) is 34.2.